The van der Waals surface area contributed by atoms with Crippen molar-refractivity contribution >= 4 is 0 Å². The molecular weight excluding hydrogens is 284 g/mol. The molecule has 0 amide bonds. The summed E-state index contributed by atoms with van der Waals surface area (Å²) in [4.78, 5) is 8.74. The summed E-state index contributed by atoms with van der Waals surface area (Å²) >= 11 is 0. The van der Waals surface area contributed by atoms with Gasteiger partial charge in [0.2, 0.25) is 0 Å². The van der Waals surface area contributed by atoms with Gasteiger partial charge in [-0.1, -0.05) is 78.1 Å². The zero-order valence-electron chi connectivity index (χ0n) is 15.4. The summed E-state index contributed by atoms with van der Waals surface area (Å²) in [6.45, 7) is 5.25. The fourth-order valence-corrected chi connectivity index (χ4v) is 2.72. The van der Waals surface area contributed by atoms with Gasteiger partial charge in [-0.2, -0.15) is 0 Å². The zero-order chi connectivity index (χ0) is 16.6. The molecule has 132 valence electrons. The molecule has 0 saturated carbocycles. The molecule has 0 radical (unpaired) electrons. The lowest BCUT2D eigenvalue weighted by Gasteiger charge is -2.06. The Kier molecular flexibility index (Phi) is 12.5. The Morgan fingerprint density at radius 1 is 0.783 bits per heavy atom. The van der Waals surface area contributed by atoms with Crippen molar-refractivity contribution in [1.82, 2.24) is 9.97 Å². The monoisotopic (exact) mass is 320 g/mol. The SMILES string of the molecule is CCCCCCCCCOc1nccc(CCCCCCC)n1. The molecule has 0 aliphatic heterocycles. The van der Waals surface area contributed by atoms with Gasteiger partial charge in [-0.15, -0.1) is 0 Å². The first-order valence-corrected chi connectivity index (χ1v) is 9.81. The Balaban J connectivity index is 2.09. The van der Waals surface area contributed by atoms with Crippen LogP contribution in [-0.4, -0.2) is 16.6 Å². The molecular formula is C20H36N2O. The average Bonchev–Trinajstić information content (AvgIpc) is 2.57. The smallest absolute Gasteiger partial charge is 0.316 e. The fraction of sp³-hybridized carbons (Fsp3) is 0.800. The van der Waals surface area contributed by atoms with Crippen LogP contribution in [0.15, 0.2) is 12.3 Å². The molecule has 0 N–H and O–H groups in total. The van der Waals surface area contributed by atoms with Crippen molar-refractivity contribution in [3.8, 4) is 6.01 Å². The molecule has 3 nitrogen and oxygen atoms in total. The van der Waals surface area contributed by atoms with Gasteiger partial charge < -0.3 is 4.74 Å². The van der Waals surface area contributed by atoms with Crippen LogP contribution in [0.25, 0.3) is 0 Å². The molecule has 1 aromatic heterocycles. The predicted octanol–water partition coefficient (Wildman–Crippen LogP) is 6.12. The summed E-state index contributed by atoms with van der Waals surface area (Å²) in [6, 6.07) is 2.57. The van der Waals surface area contributed by atoms with E-state index in [1.807, 2.05) is 12.3 Å². The standard InChI is InChI=1S/C20H36N2O/c1-3-5-7-9-10-12-14-18-23-20-21-17-16-19(22-20)15-13-11-8-6-4-2/h16-17H,3-15,18H2,1-2H3. The first-order chi connectivity index (χ1) is 11.4. The van der Waals surface area contributed by atoms with E-state index in [0.717, 1.165) is 25.1 Å². The van der Waals surface area contributed by atoms with Crippen LogP contribution in [-0.2, 0) is 6.42 Å². The molecule has 0 saturated heterocycles. The molecule has 1 heterocycles. The summed E-state index contributed by atoms with van der Waals surface area (Å²) < 4.78 is 5.70. The Morgan fingerprint density at radius 3 is 2.09 bits per heavy atom. The Bertz CT molecular complexity index is 382. The Labute approximate surface area is 143 Å². The first kappa shape index (κ1) is 19.9. The zero-order valence-corrected chi connectivity index (χ0v) is 15.4. The predicted molar refractivity (Wildman–Crippen MR) is 98.0 cm³/mol. The van der Waals surface area contributed by atoms with Gasteiger partial charge in [0.15, 0.2) is 0 Å². The molecule has 0 spiro atoms. The van der Waals surface area contributed by atoms with Gasteiger partial charge in [0.05, 0.1) is 6.61 Å². The molecule has 0 bridgehead atoms. The van der Waals surface area contributed by atoms with Crippen molar-refractivity contribution < 1.29 is 4.74 Å². The van der Waals surface area contributed by atoms with Crippen LogP contribution < -0.4 is 4.74 Å². The third-order valence-corrected chi connectivity index (χ3v) is 4.21. The van der Waals surface area contributed by atoms with Crippen LogP contribution >= 0.6 is 0 Å². The molecule has 1 rings (SSSR count). The van der Waals surface area contributed by atoms with Crippen molar-refractivity contribution in [2.24, 2.45) is 0 Å². The van der Waals surface area contributed by atoms with Crippen molar-refractivity contribution in [1.29, 1.82) is 0 Å². The van der Waals surface area contributed by atoms with E-state index in [1.54, 1.807) is 0 Å². The topological polar surface area (TPSA) is 35.0 Å². The number of ether oxygens (including phenoxy) is 1. The number of unbranched alkanes of at least 4 members (excludes halogenated alkanes) is 10. The number of aryl methyl sites for hydroxylation is 1. The number of rotatable bonds is 15. The van der Waals surface area contributed by atoms with E-state index >= 15 is 0 Å². The Hall–Kier alpha value is -1.12. The lowest BCUT2D eigenvalue weighted by molar-refractivity contribution is 0.280. The van der Waals surface area contributed by atoms with Gasteiger partial charge >= 0.3 is 6.01 Å². The third-order valence-electron chi connectivity index (χ3n) is 4.21. The van der Waals surface area contributed by atoms with Gasteiger partial charge in [0.25, 0.3) is 0 Å². The molecule has 0 aromatic carbocycles. The van der Waals surface area contributed by atoms with Crippen LogP contribution in [0.3, 0.4) is 0 Å². The minimum Gasteiger partial charge on any atom is -0.463 e. The van der Waals surface area contributed by atoms with E-state index in [9.17, 15) is 0 Å². The van der Waals surface area contributed by atoms with E-state index in [4.69, 9.17) is 4.74 Å². The van der Waals surface area contributed by atoms with Crippen LogP contribution in [0.1, 0.15) is 96.6 Å². The minimum atomic E-state index is 0.557. The quantitative estimate of drug-likeness (QED) is 0.365. The van der Waals surface area contributed by atoms with Crippen LogP contribution in [0.2, 0.25) is 0 Å². The second-order valence-electron chi connectivity index (χ2n) is 6.46. The molecule has 1 aromatic rings. The van der Waals surface area contributed by atoms with Gasteiger partial charge in [-0.3, -0.25) is 0 Å². The van der Waals surface area contributed by atoms with Gasteiger partial charge in [-0.25, -0.2) is 9.97 Å². The summed E-state index contributed by atoms with van der Waals surface area (Å²) in [6.07, 6.45) is 18.5. The molecule has 3 heteroatoms. The van der Waals surface area contributed by atoms with Crippen LogP contribution in [0.4, 0.5) is 0 Å². The number of hydrogen-bond acceptors (Lipinski definition) is 3. The van der Waals surface area contributed by atoms with Gasteiger partial charge in [0.1, 0.15) is 0 Å². The molecule has 23 heavy (non-hydrogen) atoms. The second kappa shape index (κ2) is 14.5. The van der Waals surface area contributed by atoms with E-state index in [-0.39, 0.29) is 0 Å². The van der Waals surface area contributed by atoms with E-state index in [0.29, 0.717) is 6.01 Å². The molecule has 0 aliphatic rings. The maximum Gasteiger partial charge on any atom is 0.316 e. The number of nitrogens with zero attached hydrogens (tertiary/aromatic N) is 2. The first-order valence-electron chi connectivity index (χ1n) is 9.81. The van der Waals surface area contributed by atoms with Crippen molar-refractivity contribution in [2.75, 3.05) is 6.61 Å². The molecule has 0 unspecified atom stereocenters. The normalized spacial score (nSPS) is 10.9. The highest BCUT2D eigenvalue weighted by molar-refractivity contribution is 5.05. The maximum atomic E-state index is 5.70. The minimum absolute atomic E-state index is 0.557. The lowest BCUT2D eigenvalue weighted by atomic mass is 10.1. The maximum absolute atomic E-state index is 5.70. The van der Waals surface area contributed by atoms with Crippen molar-refractivity contribution in [2.45, 2.75) is 97.3 Å². The number of hydrogen-bond donors (Lipinski definition) is 0. The second-order valence-corrected chi connectivity index (χ2v) is 6.46. The van der Waals surface area contributed by atoms with Gasteiger partial charge in [0, 0.05) is 11.9 Å². The molecule has 0 atom stereocenters. The van der Waals surface area contributed by atoms with Crippen LogP contribution in [0, 0.1) is 0 Å². The van der Waals surface area contributed by atoms with Crippen molar-refractivity contribution in [3.05, 3.63) is 18.0 Å². The Morgan fingerprint density at radius 2 is 1.39 bits per heavy atom. The highest BCUT2D eigenvalue weighted by Crippen LogP contribution is 2.11. The fourth-order valence-electron chi connectivity index (χ4n) is 2.72. The van der Waals surface area contributed by atoms with E-state index < -0.39 is 0 Å². The number of aromatic nitrogens is 2. The average molecular weight is 321 g/mol. The van der Waals surface area contributed by atoms with E-state index in [1.165, 1.54) is 70.6 Å². The third kappa shape index (κ3) is 11.1. The summed E-state index contributed by atoms with van der Waals surface area (Å²) in [5.74, 6) is 0. The molecule has 0 aliphatic carbocycles. The van der Waals surface area contributed by atoms with Gasteiger partial charge in [-0.05, 0) is 25.3 Å². The lowest BCUT2D eigenvalue weighted by Crippen LogP contribution is -2.03. The van der Waals surface area contributed by atoms with Crippen LogP contribution in [0.5, 0.6) is 6.01 Å². The van der Waals surface area contributed by atoms with E-state index in [2.05, 4.69) is 23.8 Å². The summed E-state index contributed by atoms with van der Waals surface area (Å²) in [5.41, 5.74) is 1.12. The van der Waals surface area contributed by atoms with Crippen molar-refractivity contribution in [3.63, 3.8) is 0 Å². The highest BCUT2D eigenvalue weighted by atomic mass is 16.5. The summed E-state index contributed by atoms with van der Waals surface area (Å²) in [5, 5.41) is 0. The highest BCUT2D eigenvalue weighted by Gasteiger charge is 2.01. The largest absolute Gasteiger partial charge is 0.463 e. The molecule has 0 fully saturated rings. The summed E-state index contributed by atoms with van der Waals surface area (Å²) in [7, 11) is 0.